The molecule has 0 aromatic carbocycles. The summed E-state index contributed by atoms with van der Waals surface area (Å²) in [6.07, 6.45) is 9.03. The zero-order chi connectivity index (χ0) is 13.4. The van der Waals surface area contributed by atoms with Gasteiger partial charge in [-0.2, -0.15) is 0 Å². The molecule has 1 saturated heterocycles. The molecule has 3 nitrogen and oxygen atoms in total. The molecule has 1 aliphatic heterocycles. The Balaban J connectivity index is 2.16. The predicted octanol–water partition coefficient (Wildman–Crippen LogP) is 2.95. The zero-order valence-electron chi connectivity index (χ0n) is 12.4. The molecule has 0 aliphatic carbocycles. The van der Waals surface area contributed by atoms with Crippen molar-refractivity contribution in [3.05, 3.63) is 0 Å². The van der Waals surface area contributed by atoms with Crippen molar-refractivity contribution in [3.8, 4) is 0 Å². The van der Waals surface area contributed by atoms with Crippen LogP contribution in [0.15, 0.2) is 0 Å². The molecular formula is C15H30N2O. The second kappa shape index (κ2) is 7.78. The van der Waals surface area contributed by atoms with Crippen LogP contribution in [0.3, 0.4) is 0 Å². The molecule has 1 aliphatic rings. The molecule has 18 heavy (non-hydrogen) atoms. The van der Waals surface area contributed by atoms with Gasteiger partial charge in [-0.25, -0.2) is 0 Å². The molecule has 1 fully saturated rings. The average molecular weight is 254 g/mol. The van der Waals surface area contributed by atoms with E-state index in [2.05, 4.69) is 24.1 Å². The fourth-order valence-electron chi connectivity index (χ4n) is 2.54. The molecule has 0 unspecified atom stereocenters. The van der Waals surface area contributed by atoms with Gasteiger partial charge in [0.05, 0.1) is 0 Å². The molecular weight excluding hydrogens is 224 g/mol. The minimum absolute atomic E-state index is 0.234. The van der Waals surface area contributed by atoms with Gasteiger partial charge in [0.15, 0.2) is 0 Å². The number of likely N-dealkylation sites (tertiary alicyclic amines) is 1. The summed E-state index contributed by atoms with van der Waals surface area (Å²) >= 11 is 0. The van der Waals surface area contributed by atoms with Crippen molar-refractivity contribution in [1.29, 1.82) is 0 Å². The molecule has 0 spiro atoms. The normalized spacial score (nSPS) is 18.9. The lowest BCUT2D eigenvalue weighted by atomic mass is 9.90. The Morgan fingerprint density at radius 3 is 2.33 bits per heavy atom. The van der Waals surface area contributed by atoms with Gasteiger partial charge < -0.3 is 10.2 Å². The highest BCUT2D eigenvalue weighted by atomic mass is 16.2. The lowest BCUT2D eigenvalue weighted by Crippen LogP contribution is -2.51. The summed E-state index contributed by atoms with van der Waals surface area (Å²) in [7, 11) is 2.02. The van der Waals surface area contributed by atoms with Crippen molar-refractivity contribution in [1.82, 2.24) is 10.2 Å². The van der Waals surface area contributed by atoms with Crippen LogP contribution < -0.4 is 5.32 Å². The number of unbranched alkanes of at least 4 members (excludes halogenated alkanes) is 4. The molecule has 0 aromatic rings. The van der Waals surface area contributed by atoms with Crippen molar-refractivity contribution in [3.63, 3.8) is 0 Å². The van der Waals surface area contributed by atoms with Crippen LogP contribution in [0.2, 0.25) is 0 Å². The van der Waals surface area contributed by atoms with Crippen LogP contribution in [0.5, 0.6) is 0 Å². The van der Waals surface area contributed by atoms with E-state index in [1.54, 1.807) is 0 Å². The topological polar surface area (TPSA) is 32.3 Å². The Labute approximate surface area is 112 Å². The molecule has 106 valence electrons. The number of carbonyl (C=O) groups excluding carboxylic acids is 1. The molecule has 0 atom stereocenters. The molecule has 0 bridgehead atoms. The highest BCUT2D eigenvalue weighted by Gasteiger charge is 2.29. The van der Waals surface area contributed by atoms with Crippen molar-refractivity contribution < 1.29 is 4.79 Å². The standard InChI is InChI=1S/C15H30N2O/c1-4-5-6-7-8-9-14(18)17-12-10-15(2,16-3)11-13-17/h16H,4-13H2,1-3H3. The number of amides is 1. The quantitative estimate of drug-likeness (QED) is 0.708. The van der Waals surface area contributed by atoms with E-state index in [-0.39, 0.29) is 5.54 Å². The van der Waals surface area contributed by atoms with Crippen molar-refractivity contribution in [2.24, 2.45) is 0 Å². The highest BCUT2D eigenvalue weighted by molar-refractivity contribution is 5.76. The highest BCUT2D eigenvalue weighted by Crippen LogP contribution is 2.21. The maximum atomic E-state index is 12.0. The maximum Gasteiger partial charge on any atom is 0.222 e. The van der Waals surface area contributed by atoms with E-state index < -0.39 is 0 Å². The number of piperidine rings is 1. The minimum Gasteiger partial charge on any atom is -0.343 e. The summed E-state index contributed by atoms with van der Waals surface area (Å²) < 4.78 is 0. The Bertz CT molecular complexity index is 245. The molecule has 3 heteroatoms. The number of nitrogens with one attached hydrogen (secondary N) is 1. The van der Waals surface area contributed by atoms with Gasteiger partial charge in [-0.15, -0.1) is 0 Å². The second-order valence-electron chi connectivity index (χ2n) is 5.86. The molecule has 1 amide bonds. The van der Waals surface area contributed by atoms with Crippen LogP contribution in [0.1, 0.15) is 65.2 Å². The summed E-state index contributed by atoms with van der Waals surface area (Å²) in [4.78, 5) is 14.1. The van der Waals surface area contributed by atoms with Gasteiger partial charge in [-0.3, -0.25) is 4.79 Å². The van der Waals surface area contributed by atoms with E-state index in [4.69, 9.17) is 0 Å². The Morgan fingerprint density at radius 1 is 1.17 bits per heavy atom. The number of nitrogens with zero attached hydrogens (tertiary/aromatic N) is 1. The third kappa shape index (κ3) is 4.97. The summed E-state index contributed by atoms with van der Waals surface area (Å²) in [5, 5.41) is 3.37. The molecule has 1 N–H and O–H groups in total. The van der Waals surface area contributed by atoms with Crippen LogP contribution in [0.4, 0.5) is 0 Å². The number of rotatable bonds is 7. The molecule has 1 rings (SSSR count). The monoisotopic (exact) mass is 254 g/mol. The van der Waals surface area contributed by atoms with Gasteiger partial charge in [-0.05, 0) is 33.2 Å². The number of hydrogen-bond acceptors (Lipinski definition) is 2. The van der Waals surface area contributed by atoms with Crippen LogP contribution in [0, 0.1) is 0 Å². The van der Waals surface area contributed by atoms with E-state index in [0.717, 1.165) is 38.8 Å². The van der Waals surface area contributed by atoms with Gasteiger partial charge in [-0.1, -0.05) is 32.6 Å². The fourth-order valence-corrected chi connectivity index (χ4v) is 2.54. The molecule has 0 saturated carbocycles. The van der Waals surface area contributed by atoms with Crippen molar-refractivity contribution in [2.75, 3.05) is 20.1 Å². The van der Waals surface area contributed by atoms with Gasteiger partial charge in [0, 0.05) is 25.0 Å². The summed E-state index contributed by atoms with van der Waals surface area (Å²) in [5.74, 6) is 0.365. The van der Waals surface area contributed by atoms with Gasteiger partial charge in [0.2, 0.25) is 5.91 Å². The lowest BCUT2D eigenvalue weighted by Gasteiger charge is -2.39. The predicted molar refractivity (Wildman–Crippen MR) is 76.7 cm³/mol. The number of hydrogen-bond donors (Lipinski definition) is 1. The van der Waals surface area contributed by atoms with Gasteiger partial charge in [0.1, 0.15) is 0 Å². The van der Waals surface area contributed by atoms with E-state index in [9.17, 15) is 4.79 Å². The first-order valence-electron chi connectivity index (χ1n) is 7.58. The smallest absolute Gasteiger partial charge is 0.222 e. The zero-order valence-corrected chi connectivity index (χ0v) is 12.4. The van der Waals surface area contributed by atoms with Crippen LogP contribution in [-0.2, 0) is 4.79 Å². The maximum absolute atomic E-state index is 12.0. The average Bonchev–Trinajstić information content (AvgIpc) is 2.39. The van der Waals surface area contributed by atoms with E-state index in [0.29, 0.717) is 5.91 Å². The van der Waals surface area contributed by atoms with E-state index >= 15 is 0 Å². The minimum atomic E-state index is 0.234. The first kappa shape index (κ1) is 15.5. The SMILES string of the molecule is CCCCCCCC(=O)N1CCC(C)(NC)CC1. The summed E-state index contributed by atoms with van der Waals surface area (Å²) in [6, 6.07) is 0. The first-order valence-corrected chi connectivity index (χ1v) is 7.58. The summed E-state index contributed by atoms with van der Waals surface area (Å²) in [6.45, 7) is 6.31. The van der Waals surface area contributed by atoms with E-state index in [1.807, 2.05) is 7.05 Å². The second-order valence-corrected chi connectivity index (χ2v) is 5.86. The van der Waals surface area contributed by atoms with Crippen LogP contribution in [0.25, 0.3) is 0 Å². The molecule has 0 radical (unpaired) electrons. The Morgan fingerprint density at radius 2 is 1.78 bits per heavy atom. The lowest BCUT2D eigenvalue weighted by molar-refractivity contribution is -0.132. The fraction of sp³-hybridized carbons (Fsp3) is 0.933. The first-order chi connectivity index (χ1) is 8.61. The van der Waals surface area contributed by atoms with Gasteiger partial charge >= 0.3 is 0 Å². The van der Waals surface area contributed by atoms with Crippen molar-refractivity contribution in [2.45, 2.75) is 70.8 Å². The molecule has 1 heterocycles. The van der Waals surface area contributed by atoms with Crippen molar-refractivity contribution >= 4 is 5.91 Å². The Kier molecular flexibility index (Phi) is 6.69. The van der Waals surface area contributed by atoms with Crippen LogP contribution >= 0.6 is 0 Å². The largest absolute Gasteiger partial charge is 0.343 e. The third-order valence-electron chi connectivity index (χ3n) is 4.32. The third-order valence-corrected chi connectivity index (χ3v) is 4.32. The number of carbonyl (C=O) groups is 1. The van der Waals surface area contributed by atoms with E-state index in [1.165, 1.54) is 25.7 Å². The summed E-state index contributed by atoms with van der Waals surface area (Å²) in [5.41, 5.74) is 0.234. The van der Waals surface area contributed by atoms with Crippen LogP contribution in [-0.4, -0.2) is 36.5 Å². The Hall–Kier alpha value is -0.570. The van der Waals surface area contributed by atoms with Gasteiger partial charge in [0.25, 0.3) is 0 Å². The molecule has 0 aromatic heterocycles.